The van der Waals surface area contributed by atoms with Crippen LogP contribution in [0.25, 0.3) is 0 Å². The Labute approximate surface area is 307 Å². The number of ether oxygens (including phenoxy) is 4. The van der Waals surface area contributed by atoms with E-state index >= 15 is 0 Å². The molecule has 3 unspecified atom stereocenters. The number of allylic oxidation sites excluding steroid dienone is 1. The van der Waals surface area contributed by atoms with E-state index < -0.39 is 35.9 Å². The zero-order chi connectivity index (χ0) is 37.7. The SMILES string of the molecule is C[C@H](CC1CC[C@@H]2OC(CCCOC(=O)C(C)(C)C)CC2(CCC(C)(C)[Si](O)(c2ccccc2)c2ccccc2)O1)/C(N)=C/C(=O)OC(C)(C)C. The van der Waals surface area contributed by atoms with Gasteiger partial charge in [0.05, 0.1) is 35.9 Å². The van der Waals surface area contributed by atoms with E-state index in [1.54, 1.807) is 0 Å². The first-order valence-electron chi connectivity index (χ1n) is 18.8. The molecule has 0 bridgehead atoms. The fourth-order valence-corrected chi connectivity index (χ4v) is 11.3. The van der Waals surface area contributed by atoms with Gasteiger partial charge in [0.25, 0.3) is 8.32 Å². The molecule has 51 heavy (non-hydrogen) atoms. The number of fused-ring (bicyclic) bond motifs is 1. The van der Waals surface area contributed by atoms with Gasteiger partial charge in [-0.1, -0.05) is 81.4 Å². The van der Waals surface area contributed by atoms with Crippen molar-refractivity contribution in [1.29, 1.82) is 0 Å². The molecule has 2 aromatic rings. The van der Waals surface area contributed by atoms with Crippen molar-refractivity contribution < 1.29 is 33.3 Å². The minimum absolute atomic E-state index is 0.0286. The second-order valence-corrected chi connectivity index (χ2v) is 21.4. The Morgan fingerprint density at radius 2 is 1.55 bits per heavy atom. The molecule has 0 spiro atoms. The smallest absolute Gasteiger partial charge is 0.333 e. The molecule has 2 heterocycles. The third-order valence-electron chi connectivity index (χ3n) is 10.6. The summed E-state index contributed by atoms with van der Waals surface area (Å²) in [6.07, 6.45) is 7.23. The van der Waals surface area contributed by atoms with E-state index in [0.717, 1.165) is 48.9 Å². The summed E-state index contributed by atoms with van der Waals surface area (Å²) in [6, 6.07) is 20.3. The third kappa shape index (κ3) is 10.3. The van der Waals surface area contributed by atoms with E-state index in [-0.39, 0.29) is 30.2 Å². The standard InChI is InChI=1S/C42H63NO7Si/c1-30(35(43)28-37(44)50-40(5,6)7)27-31-22-23-36-42(49-31,29-32(48-36)17-16-26-47-38(45)39(2,3)4)25-24-41(8,9)51(46,33-18-12-10-13-19-33)34-20-14-11-15-21-34/h10-15,18-21,28,30-32,36,46H,16-17,22-27,29,43H2,1-9H3/b35-28-/t30-,31?,32?,36+,42?/m1/s1. The molecule has 4 rings (SSSR count). The van der Waals surface area contributed by atoms with Crippen LogP contribution in [-0.2, 0) is 28.5 Å². The Kier molecular flexibility index (Phi) is 13.1. The van der Waals surface area contributed by atoms with Gasteiger partial charge in [-0.05, 0) is 108 Å². The predicted octanol–water partition coefficient (Wildman–Crippen LogP) is 6.95. The Morgan fingerprint density at radius 1 is 0.961 bits per heavy atom. The quantitative estimate of drug-likeness (QED) is 0.0932. The Bertz CT molecular complexity index is 1440. The van der Waals surface area contributed by atoms with Gasteiger partial charge in [-0.15, -0.1) is 0 Å². The fraction of sp³-hybridized carbons (Fsp3) is 0.619. The van der Waals surface area contributed by atoms with Crippen molar-refractivity contribution in [2.24, 2.45) is 17.1 Å². The predicted molar refractivity (Wildman–Crippen MR) is 205 cm³/mol. The Morgan fingerprint density at radius 3 is 2.10 bits per heavy atom. The van der Waals surface area contributed by atoms with Crippen LogP contribution in [0.4, 0.5) is 0 Å². The van der Waals surface area contributed by atoms with Crippen LogP contribution in [0.3, 0.4) is 0 Å². The van der Waals surface area contributed by atoms with Crippen LogP contribution in [0.15, 0.2) is 72.4 Å². The molecule has 0 aromatic heterocycles. The van der Waals surface area contributed by atoms with E-state index in [1.807, 2.05) is 84.9 Å². The second-order valence-electron chi connectivity index (χ2n) is 17.5. The number of hydrogen-bond donors (Lipinski definition) is 2. The lowest BCUT2D eigenvalue weighted by molar-refractivity contribution is -0.173. The topological polar surface area (TPSA) is 117 Å². The molecule has 0 amide bonds. The van der Waals surface area contributed by atoms with E-state index in [2.05, 4.69) is 38.1 Å². The molecule has 0 saturated carbocycles. The fourth-order valence-electron chi connectivity index (χ4n) is 7.61. The van der Waals surface area contributed by atoms with Gasteiger partial charge >= 0.3 is 11.9 Å². The first-order chi connectivity index (χ1) is 23.8. The summed E-state index contributed by atoms with van der Waals surface area (Å²) in [4.78, 5) is 37.7. The van der Waals surface area contributed by atoms with Gasteiger partial charge in [-0.2, -0.15) is 0 Å². The van der Waals surface area contributed by atoms with Gasteiger partial charge in [0.1, 0.15) is 5.60 Å². The lowest BCUT2D eigenvalue weighted by Gasteiger charge is -2.46. The van der Waals surface area contributed by atoms with Crippen LogP contribution >= 0.6 is 0 Å². The molecular weight excluding hydrogens is 659 g/mol. The number of esters is 2. The second kappa shape index (κ2) is 16.4. The van der Waals surface area contributed by atoms with Gasteiger partial charge < -0.3 is 29.5 Å². The van der Waals surface area contributed by atoms with Crippen molar-refractivity contribution in [2.75, 3.05) is 6.61 Å². The van der Waals surface area contributed by atoms with Crippen molar-refractivity contribution in [2.45, 2.75) is 148 Å². The van der Waals surface area contributed by atoms with Crippen molar-refractivity contribution in [1.82, 2.24) is 0 Å². The van der Waals surface area contributed by atoms with Crippen LogP contribution in [-0.4, -0.2) is 61.2 Å². The van der Waals surface area contributed by atoms with Gasteiger partial charge in [0.15, 0.2) is 0 Å². The minimum atomic E-state index is -3.23. The van der Waals surface area contributed by atoms with Gasteiger partial charge in [0.2, 0.25) is 0 Å². The van der Waals surface area contributed by atoms with Crippen LogP contribution in [0.1, 0.15) is 114 Å². The molecule has 3 N–H and O–H groups in total. The van der Waals surface area contributed by atoms with Gasteiger partial charge in [0, 0.05) is 18.2 Å². The highest BCUT2D eigenvalue weighted by molar-refractivity contribution is 6.98. The van der Waals surface area contributed by atoms with Crippen LogP contribution < -0.4 is 16.1 Å². The van der Waals surface area contributed by atoms with Crippen molar-refractivity contribution in [3.8, 4) is 0 Å². The van der Waals surface area contributed by atoms with E-state index in [9.17, 15) is 14.4 Å². The molecule has 2 fully saturated rings. The zero-order valence-electron chi connectivity index (χ0n) is 32.5. The highest BCUT2D eigenvalue weighted by Gasteiger charge is 2.56. The average Bonchev–Trinajstić information content (AvgIpc) is 3.42. The first kappa shape index (κ1) is 40.8. The minimum Gasteiger partial charge on any atom is -0.465 e. The zero-order valence-corrected chi connectivity index (χ0v) is 33.5. The molecule has 0 radical (unpaired) electrons. The lowest BCUT2D eigenvalue weighted by Crippen LogP contribution is -2.65. The maximum Gasteiger partial charge on any atom is 0.333 e. The van der Waals surface area contributed by atoms with E-state index in [4.69, 9.17) is 24.7 Å². The number of carbonyl (C=O) groups is 2. The number of benzene rings is 2. The molecular formula is C42H63NO7Si. The molecule has 2 aliphatic heterocycles. The van der Waals surface area contributed by atoms with E-state index in [1.165, 1.54) is 6.08 Å². The molecule has 2 saturated heterocycles. The summed E-state index contributed by atoms with van der Waals surface area (Å²) in [5, 5.41) is 1.53. The summed E-state index contributed by atoms with van der Waals surface area (Å²) < 4.78 is 24.9. The van der Waals surface area contributed by atoms with Crippen molar-refractivity contribution in [3.05, 3.63) is 72.4 Å². The van der Waals surface area contributed by atoms with E-state index in [0.29, 0.717) is 25.1 Å². The monoisotopic (exact) mass is 721 g/mol. The summed E-state index contributed by atoms with van der Waals surface area (Å²) in [5.74, 6) is -0.725. The van der Waals surface area contributed by atoms with Gasteiger partial charge in [-0.3, -0.25) is 4.79 Å². The first-order valence-corrected chi connectivity index (χ1v) is 20.7. The number of rotatable bonds is 14. The molecule has 9 heteroatoms. The number of carbonyl (C=O) groups excluding carboxylic acids is 2. The van der Waals surface area contributed by atoms with Crippen LogP contribution in [0.5, 0.6) is 0 Å². The van der Waals surface area contributed by atoms with Crippen molar-refractivity contribution in [3.63, 3.8) is 0 Å². The molecule has 282 valence electrons. The molecule has 2 aliphatic rings. The van der Waals surface area contributed by atoms with Crippen LogP contribution in [0.2, 0.25) is 5.04 Å². The Hall–Kier alpha value is -2.98. The number of hydrogen-bond acceptors (Lipinski definition) is 8. The average molecular weight is 722 g/mol. The summed E-state index contributed by atoms with van der Waals surface area (Å²) >= 11 is 0. The molecule has 8 nitrogen and oxygen atoms in total. The summed E-state index contributed by atoms with van der Waals surface area (Å²) in [6.45, 7) is 17.9. The third-order valence-corrected chi connectivity index (χ3v) is 15.1. The normalized spacial score (nSPS) is 23.7. The molecule has 0 aliphatic carbocycles. The molecule has 5 atom stereocenters. The highest BCUT2D eigenvalue weighted by atomic mass is 28.4. The maximum atomic E-state index is 12.9. The van der Waals surface area contributed by atoms with Crippen LogP contribution in [0, 0.1) is 11.3 Å². The largest absolute Gasteiger partial charge is 0.465 e. The maximum absolute atomic E-state index is 12.9. The molecule has 2 aromatic carbocycles. The summed E-state index contributed by atoms with van der Waals surface area (Å²) in [5.41, 5.74) is 5.24. The van der Waals surface area contributed by atoms with Crippen molar-refractivity contribution >= 4 is 30.6 Å². The number of nitrogens with two attached hydrogens (primary N) is 1. The highest BCUT2D eigenvalue weighted by Crippen LogP contribution is 2.50. The summed E-state index contributed by atoms with van der Waals surface area (Å²) in [7, 11) is -3.23. The van der Waals surface area contributed by atoms with Gasteiger partial charge in [-0.25, -0.2) is 4.79 Å². The Balaban J connectivity index is 1.55. The lowest BCUT2D eigenvalue weighted by atomic mass is 9.80.